The van der Waals surface area contributed by atoms with Crippen LogP contribution in [0.2, 0.25) is 0 Å². The summed E-state index contributed by atoms with van der Waals surface area (Å²) >= 11 is 4.04. The van der Waals surface area contributed by atoms with Crippen LogP contribution in [0.25, 0.3) is 0 Å². The molecule has 1 N–H and O–H groups in total. The van der Waals surface area contributed by atoms with Gasteiger partial charge in [-0.3, -0.25) is 4.79 Å². The monoisotopic (exact) mass is 163 g/mol. The number of carbonyl (C=O) groups excluding carboxylic acids is 1. The summed E-state index contributed by atoms with van der Waals surface area (Å²) in [6, 6.07) is 0.0378. The van der Waals surface area contributed by atoms with E-state index in [-0.39, 0.29) is 17.3 Å². The van der Waals surface area contributed by atoms with E-state index in [9.17, 15) is 4.79 Å². The molecule has 0 bridgehead atoms. The Kier molecular flexibility index (Phi) is 4.47. The maximum atomic E-state index is 10.8. The number of carbonyl (C=O) groups is 1. The number of thiol groups is 1. The van der Waals surface area contributed by atoms with E-state index in [0.29, 0.717) is 0 Å². The number of nitrogens with one attached hydrogen (secondary N) is 1. The van der Waals surface area contributed by atoms with Gasteiger partial charge in [0, 0.05) is 6.04 Å². The molecular formula is C6H13NO2S. The summed E-state index contributed by atoms with van der Waals surface area (Å²) in [5, 5.41) is 2.52. The van der Waals surface area contributed by atoms with Crippen molar-refractivity contribution in [1.29, 1.82) is 0 Å². The van der Waals surface area contributed by atoms with Gasteiger partial charge in [0.05, 0.1) is 7.11 Å². The van der Waals surface area contributed by atoms with Crippen molar-refractivity contribution in [2.24, 2.45) is 0 Å². The van der Waals surface area contributed by atoms with Crippen LogP contribution in [-0.2, 0) is 9.53 Å². The molecule has 0 spiro atoms. The van der Waals surface area contributed by atoms with Crippen molar-refractivity contribution in [2.45, 2.75) is 18.2 Å². The highest BCUT2D eigenvalue weighted by atomic mass is 32.1. The second kappa shape index (κ2) is 4.57. The van der Waals surface area contributed by atoms with Crippen molar-refractivity contribution in [3.05, 3.63) is 0 Å². The lowest BCUT2D eigenvalue weighted by Crippen LogP contribution is -2.37. The van der Waals surface area contributed by atoms with Gasteiger partial charge in [-0.25, -0.2) is 0 Å². The summed E-state index contributed by atoms with van der Waals surface area (Å²) in [5.74, 6) is -0.301. The number of hydrogen-bond acceptors (Lipinski definition) is 4. The lowest BCUT2D eigenvalue weighted by atomic mass is 10.2. The Morgan fingerprint density at radius 1 is 1.70 bits per heavy atom. The van der Waals surface area contributed by atoms with Gasteiger partial charge in [0.15, 0.2) is 0 Å². The van der Waals surface area contributed by atoms with Crippen LogP contribution in [0.3, 0.4) is 0 Å². The summed E-state index contributed by atoms with van der Waals surface area (Å²) in [6.45, 7) is 1.87. The number of ether oxygens (including phenoxy) is 1. The van der Waals surface area contributed by atoms with Crippen molar-refractivity contribution in [3.8, 4) is 0 Å². The standard InChI is InChI=1S/C6H13NO2S/c1-4(7-2)5(10)6(8)9-3/h4-5,7,10H,1-3H3/t4-,5-/m0/s1. The molecule has 0 rings (SSSR count). The predicted molar refractivity (Wildman–Crippen MR) is 43.3 cm³/mol. The Balaban J connectivity index is 3.81. The van der Waals surface area contributed by atoms with Gasteiger partial charge >= 0.3 is 5.97 Å². The third-order valence-corrected chi connectivity index (χ3v) is 2.03. The molecule has 0 radical (unpaired) electrons. The van der Waals surface area contributed by atoms with E-state index in [2.05, 4.69) is 22.7 Å². The number of methoxy groups -OCH3 is 1. The molecule has 0 heterocycles. The molecule has 0 aromatic heterocycles. The van der Waals surface area contributed by atoms with Crippen molar-refractivity contribution in [2.75, 3.05) is 14.2 Å². The summed E-state index contributed by atoms with van der Waals surface area (Å²) in [4.78, 5) is 10.8. The Hall–Kier alpha value is -0.220. The molecule has 0 aliphatic rings. The van der Waals surface area contributed by atoms with Gasteiger partial charge in [0.25, 0.3) is 0 Å². The topological polar surface area (TPSA) is 38.3 Å². The molecular weight excluding hydrogens is 150 g/mol. The predicted octanol–water partition coefficient (Wildman–Crippen LogP) is 0.0657. The number of esters is 1. The zero-order chi connectivity index (χ0) is 8.15. The smallest absolute Gasteiger partial charge is 0.320 e. The van der Waals surface area contributed by atoms with E-state index >= 15 is 0 Å². The Bertz CT molecular complexity index is 118. The van der Waals surface area contributed by atoms with E-state index in [1.54, 1.807) is 7.05 Å². The van der Waals surface area contributed by atoms with Gasteiger partial charge in [0.1, 0.15) is 5.25 Å². The van der Waals surface area contributed by atoms with Gasteiger partial charge < -0.3 is 10.1 Å². The number of rotatable bonds is 3. The Labute approximate surface area is 66.5 Å². The molecule has 0 saturated heterocycles. The first-order valence-electron chi connectivity index (χ1n) is 3.06. The van der Waals surface area contributed by atoms with E-state index < -0.39 is 0 Å². The first-order valence-corrected chi connectivity index (χ1v) is 3.58. The average Bonchev–Trinajstić information content (AvgIpc) is 2.00. The summed E-state index contributed by atoms with van der Waals surface area (Å²) < 4.78 is 4.48. The molecule has 10 heavy (non-hydrogen) atoms. The van der Waals surface area contributed by atoms with Crippen LogP contribution in [-0.4, -0.2) is 31.4 Å². The molecule has 0 amide bonds. The molecule has 0 aromatic carbocycles. The van der Waals surface area contributed by atoms with Gasteiger partial charge in [0.2, 0.25) is 0 Å². The van der Waals surface area contributed by atoms with Crippen molar-refractivity contribution < 1.29 is 9.53 Å². The highest BCUT2D eigenvalue weighted by Crippen LogP contribution is 2.02. The second-order valence-electron chi connectivity index (χ2n) is 2.05. The molecule has 0 aromatic rings. The van der Waals surface area contributed by atoms with E-state index in [1.165, 1.54) is 7.11 Å². The Morgan fingerprint density at radius 3 is 2.50 bits per heavy atom. The molecule has 0 fully saturated rings. The van der Waals surface area contributed by atoms with Crippen LogP contribution in [0.4, 0.5) is 0 Å². The lowest BCUT2D eigenvalue weighted by molar-refractivity contribution is -0.140. The molecule has 3 nitrogen and oxygen atoms in total. The highest BCUT2D eigenvalue weighted by Gasteiger charge is 2.19. The molecule has 0 aliphatic carbocycles. The molecule has 60 valence electrons. The third-order valence-electron chi connectivity index (χ3n) is 1.37. The van der Waals surface area contributed by atoms with E-state index in [0.717, 1.165) is 0 Å². The van der Waals surface area contributed by atoms with Crippen LogP contribution in [0, 0.1) is 0 Å². The fraction of sp³-hybridized carbons (Fsp3) is 0.833. The largest absolute Gasteiger partial charge is 0.468 e. The van der Waals surface area contributed by atoms with Crippen molar-refractivity contribution in [3.63, 3.8) is 0 Å². The molecule has 0 aliphatic heterocycles. The van der Waals surface area contributed by atoms with E-state index in [4.69, 9.17) is 0 Å². The van der Waals surface area contributed by atoms with Crippen LogP contribution in [0.1, 0.15) is 6.92 Å². The van der Waals surface area contributed by atoms with Crippen molar-refractivity contribution in [1.82, 2.24) is 5.32 Å². The van der Waals surface area contributed by atoms with Gasteiger partial charge in [-0.1, -0.05) is 0 Å². The van der Waals surface area contributed by atoms with Gasteiger partial charge in [-0.05, 0) is 14.0 Å². The lowest BCUT2D eigenvalue weighted by Gasteiger charge is -2.15. The summed E-state index contributed by atoms with van der Waals surface area (Å²) in [7, 11) is 3.13. The third kappa shape index (κ3) is 2.58. The SMILES string of the molecule is CN[C@@H](C)[C@H](S)C(=O)OC. The maximum absolute atomic E-state index is 10.8. The average molecular weight is 163 g/mol. The maximum Gasteiger partial charge on any atom is 0.320 e. The zero-order valence-corrected chi connectivity index (χ0v) is 7.31. The summed E-state index contributed by atoms with van der Waals surface area (Å²) in [6.07, 6.45) is 0. The van der Waals surface area contributed by atoms with Gasteiger partial charge in [-0.2, -0.15) is 12.6 Å². The van der Waals surface area contributed by atoms with Gasteiger partial charge in [-0.15, -0.1) is 0 Å². The van der Waals surface area contributed by atoms with Crippen LogP contribution in [0.5, 0.6) is 0 Å². The minimum absolute atomic E-state index is 0.0378. The minimum Gasteiger partial charge on any atom is -0.468 e. The summed E-state index contributed by atoms with van der Waals surface area (Å²) in [5.41, 5.74) is 0. The highest BCUT2D eigenvalue weighted by molar-refractivity contribution is 7.81. The quantitative estimate of drug-likeness (QED) is 0.456. The first-order chi connectivity index (χ1) is 4.63. The van der Waals surface area contributed by atoms with Crippen LogP contribution < -0.4 is 5.32 Å². The van der Waals surface area contributed by atoms with E-state index in [1.807, 2.05) is 6.92 Å². The van der Waals surface area contributed by atoms with Crippen molar-refractivity contribution >= 4 is 18.6 Å². The van der Waals surface area contributed by atoms with Crippen LogP contribution >= 0.6 is 12.6 Å². The van der Waals surface area contributed by atoms with Crippen LogP contribution in [0.15, 0.2) is 0 Å². The molecule has 0 unspecified atom stereocenters. The number of hydrogen-bond donors (Lipinski definition) is 2. The normalized spacial score (nSPS) is 16.0. The fourth-order valence-corrected chi connectivity index (χ4v) is 0.737. The molecule has 0 saturated carbocycles. The molecule has 2 atom stereocenters. The first kappa shape index (κ1) is 9.78. The fourth-order valence-electron chi connectivity index (χ4n) is 0.483. The second-order valence-corrected chi connectivity index (χ2v) is 2.60. The zero-order valence-electron chi connectivity index (χ0n) is 6.42. The Morgan fingerprint density at radius 2 is 2.20 bits per heavy atom. The molecule has 4 heteroatoms. The minimum atomic E-state index is -0.380.